The topological polar surface area (TPSA) is 84.9 Å². The van der Waals surface area contributed by atoms with Crippen molar-refractivity contribution in [2.24, 2.45) is 0 Å². The van der Waals surface area contributed by atoms with Crippen molar-refractivity contribution in [3.8, 4) is 11.5 Å². The highest BCUT2D eigenvalue weighted by Crippen LogP contribution is 2.34. The fourth-order valence-electron chi connectivity index (χ4n) is 2.83. The molecule has 0 unspecified atom stereocenters. The largest absolute Gasteiger partial charge is 0.493 e. The van der Waals surface area contributed by atoms with Crippen LogP contribution in [0.3, 0.4) is 0 Å². The van der Waals surface area contributed by atoms with E-state index in [0.717, 1.165) is 11.8 Å². The first kappa shape index (κ1) is 22.4. The van der Waals surface area contributed by atoms with E-state index in [-0.39, 0.29) is 17.8 Å². The van der Waals surface area contributed by atoms with Gasteiger partial charge in [-0.05, 0) is 66.2 Å². The molecule has 1 aliphatic heterocycles. The summed E-state index contributed by atoms with van der Waals surface area (Å²) >= 11 is 0.900. The van der Waals surface area contributed by atoms with Gasteiger partial charge in [0, 0.05) is 12.2 Å². The summed E-state index contributed by atoms with van der Waals surface area (Å²) in [5.74, 6) is -0.408. The number of rotatable bonds is 8. The van der Waals surface area contributed by atoms with Crippen molar-refractivity contribution >= 4 is 40.6 Å². The van der Waals surface area contributed by atoms with Crippen LogP contribution in [-0.4, -0.2) is 42.2 Å². The first-order valence-corrected chi connectivity index (χ1v) is 10.3. The lowest BCUT2D eigenvalue weighted by atomic mass is 10.2. The molecule has 0 bridgehead atoms. The molecule has 0 radical (unpaired) electrons. The number of hydrogen-bond donors (Lipinski definition) is 1. The maximum atomic E-state index is 12.9. The average Bonchev–Trinajstić information content (AvgIpc) is 3.02. The summed E-state index contributed by atoms with van der Waals surface area (Å²) in [5.41, 5.74) is 1.11. The Hall–Kier alpha value is -3.33. The van der Waals surface area contributed by atoms with Crippen molar-refractivity contribution in [1.29, 1.82) is 0 Å². The van der Waals surface area contributed by atoms with Crippen LogP contribution < -0.4 is 14.8 Å². The number of halogens is 1. The van der Waals surface area contributed by atoms with Crippen molar-refractivity contribution in [2.75, 3.05) is 25.6 Å². The quantitative estimate of drug-likeness (QED) is 0.611. The predicted molar refractivity (Wildman–Crippen MR) is 116 cm³/mol. The van der Waals surface area contributed by atoms with Gasteiger partial charge in [-0.1, -0.05) is 13.0 Å². The number of benzene rings is 2. The fourth-order valence-corrected chi connectivity index (χ4v) is 3.70. The zero-order chi connectivity index (χ0) is 22.4. The standard InChI is InChI=1S/C22H21FN2O5S/c1-3-10-25-21(27)19(31-22(25)28)12-14-4-9-17(18(11-14)29-2)30-13-20(26)24-16-7-5-15(23)6-8-16/h4-9,11-12H,3,10,13H2,1-2H3,(H,24,26)/b19-12+. The number of imide groups is 1. The molecule has 1 aliphatic rings. The third-order valence-corrected chi connectivity index (χ3v) is 5.20. The Bertz CT molecular complexity index is 1020. The second-order valence-electron chi connectivity index (χ2n) is 6.59. The highest BCUT2D eigenvalue weighted by atomic mass is 32.2. The van der Waals surface area contributed by atoms with Gasteiger partial charge in [0.15, 0.2) is 18.1 Å². The second-order valence-corrected chi connectivity index (χ2v) is 7.58. The van der Waals surface area contributed by atoms with Crippen LogP contribution in [-0.2, 0) is 9.59 Å². The smallest absolute Gasteiger partial charge is 0.293 e. The van der Waals surface area contributed by atoms with E-state index in [9.17, 15) is 18.8 Å². The molecule has 0 spiro atoms. The minimum atomic E-state index is -0.415. The number of anilines is 1. The third kappa shape index (κ3) is 5.64. The van der Waals surface area contributed by atoms with E-state index >= 15 is 0 Å². The van der Waals surface area contributed by atoms with E-state index in [4.69, 9.17) is 9.47 Å². The fraction of sp³-hybridized carbons (Fsp3) is 0.227. The molecule has 31 heavy (non-hydrogen) atoms. The van der Waals surface area contributed by atoms with Crippen LogP contribution in [0.15, 0.2) is 47.4 Å². The summed E-state index contributed by atoms with van der Waals surface area (Å²) in [5, 5.41) is 2.32. The highest BCUT2D eigenvalue weighted by Gasteiger charge is 2.34. The summed E-state index contributed by atoms with van der Waals surface area (Å²) in [6.45, 7) is 2.01. The zero-order valence-electron chi connectivity index (χ0n) is 17.0. The molecule has 1 saturated heterocycles. The van der Waals surface area contributed by atoms with Crippen LogP contribution in [0.25, 0.3) is 6.08 Å². The van der Waals surface area contributed by atoms with Gasteiger partial charge < -0.3 is 14.8 Å². The molecule has 0 aliphatic carbocycles. The molecule has 1 N–H and O–H groups in total. The summed E-state index contributed by atoms with van der Waals surface area (Å²) in [4.78, 5) is 38.0. The molecule has 7 nitrogen and oxygen atoms in total. The number of amides is 3. The molecule has 0 atom stereocenters. The lowest BCUT2D eigenvalue weighted by molar-refractivity contribution is -0.122. The van der Waals surface area contributed by atoms with Crippen molar-refractivity contribution in [3.05, 3.63) is 58.8 Å². The number of thioether (sulfide) groups is 1. The van der Waals surface area contributed by atoms with E-state index in [0.29, 0.717) is 40.6 Å². The van der Waals surface area contributed by atoms with Crippen LogP contribution in [0.2, 0.25) is 0 Å². The highest BCUT2D eigenvalue weighted by molar-refractivity contribution is 8.18. The molecule has 3 rings (SSSR count). The van der Waals surface area contributed by atoms with Gasteiger partial charge in [0.2, 0.25) is 0 Å². The molecule has 2 aromatic carbocycles. The van der Waals surface area contributed by atoms with Crippen molar-refractivity contribution in [3.63, 3.8) is 0 Å². The molecule has 0 aromatic heterocycles. The van der Waals surface area contributed by atoms with E-state index < -0.39 is 11.7 Å². The first-order valence-electron chi connectivity index (χ1n) is 9.53. The number of ether oxygens (including phenoxy) is 2. The van der Waals surface area contributed by atoms with E-state index in [2.05, 4.69) is 5.32 Å². The van der Waals surface area contributed by atoms with Gasteiger partial charge >= 0.3 is 0 Å². The third-order valence-electron chi connectivity index (χ3n) is 4.29. The minimum absolute atomic E-state index is 0.275. The Morgan fingerprint density at radius 2 is 1.90 bits per heavy atom. The van der Waals surface area contributed by atoms with Gasteiger partial charge in [-0.25, -0.2) is 4.39 Å². The Morgan fingerprint density at radius 3 is 2.58 bits per heavy atom. The monoisotopic (exact) mass is 444 g/mol. The summed E-state index contributed by atoms with van der Waals surface area (Å²) in [6, 6.07) is 10.4. The molecule has 162 valence electrons. The van der Waals surface area contributed by atoms with Gasteiger partial charge in [-0.2, -0.15) is 0 Å². The first-order chi connectivity index (χ1) is 14.9. The summed E-state index contributed by atoms with van der Waals surface area (Å²) in [6.07, 6.45) is 2.31. The maximum Gasteiger partial charge on any atom is 0.293 e. The zero-order valence-corrected chi connectivity index (χ0v) is 17.8. The normalized spacial score (nSPS) is 14.8. The number of carbonyl (C=O) groups excluding carboxylic acids is 3. The maximum absolute atomic E-state index is 12.9. The number of methoxy groups -OCH3 is 1. The SMILES string of the molecule is CCCN1C(=O)S/C(=C/c2ccc(OCC(=O)Nc3ccc(F)cc3)c(OC)c2)C1=O. The lowest BCUT2D eigenvalue weighted by Gasteiger charge is -2.12. The Morgan fingerprint density at radius 1 is 1.16 bits per heavy atom. The van der Waals surface area contributed by atoms with Crippen LogP contribution in [0.5, 0.6) is 11.5 Å². The molecule has 9 heteroatoms. The van der Waals surface area contributed by atoms with E-state index in [1.165, 1.54) is 36.3 Å². The van der Waals surface area contributed by atoms with Crippen molar-refractivity contribution < 1.29 is 28.2 Å². The molecular weight excluding hydrogens is 423 g/mol. The average molecular weight is 444 g/mol. The van der Waals surface area contributed by atoms with Crippen LogP contribution >= 0.6 is 11.8 Å². The summed E-state index contributed by atoms with van der Waals surface area (Å²) in [7, 11) is 1.46. The minimum Gasteiger partial charge on any atom is -0.493 e. The van der Waals surface area contributed by atoms with Crippen LogP contribution in [0, 0.1) is 5.82 Å². The number of hydrogen-bond acceptors (Lipinski definition) is 6. The molecule has 1 heterocycles. The van der Waals surface area contributed by atoms with E-state index in [1.807, 2.05) is 6.92 Å². The molecular formula is C22H21FN2O5S. The Kier molecular flexibility index (Phi) is 7.30. The molecule has 2 aromatic rings. The van der Waals surface area contributed by atoms with Gasteiger partial charge in [-0.3, -0.25) is 19.3 Å². The Balaban J connectivity index is 1.66. The van der Waals surface area contributed by atoms with Gasteiger partial charge in [0.05, 0.1) is 12.0 Å². The Labute approximate surface area is 183 Å². The lowest BCUT2D eigenvalue weighted by Crippen LogP contribution is -2.28. The number of carbonyl (C=O) groups is 3. The van der Waals surface area contributed by atoms with Gasteiger partial charge in [-0.15, -0.1) is 0 Å². The number of nitrogens with one attached hydrogen (secondary N) is 1. The van der Waals surface area contributed by atoms with Gasteiger partial charge in [0.1, 0.15) is 5.82 Å². The number of nitrogens with zero attached hydrogens (tertiary/aromatic N) is 1. The van der Waals surface area contributed by atoms with Crippen molar-refractivity contribution in [1.82, 2.24) is 4.90 Å². The van der Waals surface area contributed by atoms with Crippen LogP contribution in [0.4, 0.5) is 14.9 Å². The molecule has 1 fully saturated rings. The molecule has 0 saturated carbocycles. The second kappa shape index (κ2) is 10.1. The summed E-state index contributed by atoms with van der Waals surface area (Å²) < 4.78 is 23.8. The van der Waals surface area contributed by atoms with Gasteiger partial charge in [0.25, 0.3) is 17.1 Å². The van der Waals surface area contributed by atoms with Crippen molar-refractivity contribution in [2.45, 2.75) is 13.3 Å². The molecule has 3 amide bonds. The predicted octanol–water partition coefficient (Wildman–Crippen LogP) is 4.30. The van der Waals surface area contributed by atoms with Crippen LogP contribution in [0.1, 0.15) is 18.9 Å². The van der Waals surface area contributed by atoms with E-state index in [1.54, 1.807) is 24.3 Å².